The Labute approximate surface area is 108 Å². The maximum Gasteiger partial charge on any atom is 0.00760 e. The van der Waals surface area contributed by atoms with Crippen molar-refractivity contribution in [2.24, 2.45) is 0 Å². The maximum absolute atomic E-state index is 3.74. The van der Waals surface area contributed by atoms with Crippen molar-refractivity contribution in [2.75, 3.05) is 0 Å². The Morgan fingerprint density at radius 3 is 2.39 bits per heavy atom. The van der Waals surface area contributed by atoms with Gasteiger partial charge in [-0.15, -0.1) is 0 Å². The lowest BCUT2D eigenvalue weighted by molar-refractivity contribution is 0.364. The number of piperidine rings is 1. The van der Waals surface area contributed by atoms with E-state index in [9.17, 15) is 0 Å². The second-order valence-electron chi connectivity index (χ2n) is 5.87. The molecule has 18 heavy (non-hydrogen) atoms. The molecule has 1 heteroatoms. The van der Waals surface area contributed by atoms with Gasteiger partial charge in [-0.25, -0.2) is 0 Å². The summed E-state index contributed by atoms with van der Waals surface area (Å²) in [6.45, 7) is 0. The molecule has 2 unspecified atom stereocenters. The second kappa shape index (κ2) is 4.10. The van der Waals surface area contributed by atoms with Gasteiger partial charge in [-0.3, -0.25) is 0 Å². The first-order valence-electron chi connectivity index (χ1n) is 7.14. The van der Waals surface area contributed by atoms with E-state index in [1.165, 1.54) is 36.5 Å². The van der Waals surface area contributed by atoms with Crippen LogP contribution in [0, 0.1) is 0 Å². The average Bonchev–Trinajstić information content (AvgIpc) is 2.77. The van der Waals surface area contributed by atoms with Crippen molar-refractivity contribution >= 4 is 10.8 Å². The molecule has 0 spiro atoms. The molecule has 2 aliphatic heterocycles. The van der Waals surface area contributed by atoms with Gasteiger partial charge in [-0.1, -0.05) is 42.5 Å². The lowest BCUT2D eigenvalue weighted by Crippen LogP contribution is -2.37. The van der Waals surface area contributed by atoms with Crippen LogP contribution in [0.2, 0.25) is 0 Å². The molecule has 2 aliphatic rings. The smallest absolute Gasteiger partial charge is 0.00760 e. The summed E-state index contributed by atoms with van der Waals surface area (Å²) in [5.41, 5.74) is 1.58. The quantitative estimate of drug-likeness (QED) is 0.794. The molecular formula is C17H19N. The van der Waals surface area contributed by atoms with Crippen molar-refractivity contribution in [3.63, 3.8) is 0 Å². The molecule has 2 aromatic carbocycles. The Kier molecular flexibility index (Phi) is 2.41. The third kappa shape index (κ3) is 1.65. The SMILES string of the molecule is c1ccc2c(C3CC4CCC(C3)N4)cccc2c1. The largest absolute Gasteiger partial charge is 0.311 e. The van der Waals surface area contributed by atoms with Gasteiger partial charge in [0, 0.05) is 12.1 Å². The average molecular weight is 237 g/mol. The van der Waals surface area contributed by atoms with Gasteiger partial charge < -0.3 is 5.32 Å². The van der Waals surface area contributed by atoms with Crippen LogP contribution < -0.4 is 5.32 Å². The van der Waals surface area contributed by atoms with Gasteiger partial charge in [0.1, 0.15) is 0 Å². The zero-order valence-corrected chi connectivity index (χ0v) is 10.6. The first kappa shape index (κ1) is 10.6. The standard InChI is InChI=1S/C17H19N/c1-2-6-16-12(4-1)5-3-7-17(16)13-10-14-8-9-15(11-13)18-14/h1-7,13-15,18H,8-11H2. The molecular weight excluding hydrogens is 218 g/mol. The van der Waals surface area contributed by atoms with Gasteiger partial charge in [-0.05, 0) is 47.9 Å². The molecule has 2 aromatic rings. The van der Waals surface area contributed by atoms with Gasteiger partial charge >= 0.3 is 0 Å². The molecule has 0 radical (unpaired) electrons. The third-order valence-electron chi connectivity index (χ3n) is 4.74. The van der Waals surface area contributed by atoms with Crippen LogP contribution in [0.5, 0.6) is 0 Å². The van der Waals surface area contributed by atoms with Crippen molar-refractivity contribution in [3.8, 4) is 0 Å². The molecule has 1 N–H and O–H groups in total. The van der Waals surface area contributed by atoms with Crippen molar-refractivity contribution < 1.29 is 0 Å². The summed E-state index contributed by atoms with van der Waals surface area (Å²) >= 11 is 0. The van der Waals surface area contributed by atoms with E-state index in [0.29, 0.717) is 0 Å². The minimum absolute atomic E-state index is 0.759. The number of rotatable bonds is 1. The van der Waals surface area contributed by atoms with E-state index >= 15 is 0 Å². The minimum Gasteiger partial charge on any atom is -0.311 e. The fraction of sp³-hybridized carbons (Fsp3) is 0.412. The molecule has 0 saturated carbocycles. The number of nitrogens with one attached hydrogen (secondary N) is 1. The number of fused-ring (bicyclic) bond motifs is 3. The molecule has 92 valence electrons. The zero-order valence-electron chi connectivity index (χ0n) is 10.6. The molecule has 2 bridgehead atoms. The van der Waals surface area contributed by atoms with Crippen LogP contribution in [0.25, 0.3) is 10.8 Å². The van der Waals surface area contributed by atoms with Gasteiger partial charge in [0.15, 0.2) is 0 Å². The molecule has 2 saturated heterocycles. The van der Waals surface area contributed by atoms with E-state index in [4.69, 9.17) is 0 Å². The minimum atomic E-state index is 0.759. The van der Waals surface area contributed by atoms with E-state index in [-0.39, 0.29) is 0 Å². The Hall–Kier alpha value is -1.34. The molecule has 0 aromatic heterocycles. The van der Waals surface area contributed by atoms with E-state index < -0.39 is 0 Å². The predicted octanol–water partition coefficient (Wildman–Crippen LogP) is 3.84. The van der Waals surface area contributed by atoms with Crippen LogP contribution in [-0.2, 0) is 0 Å². The summed E-state index contributed by atoms with van der Waals surface area (Å²) in [5.74, 6) is 0.759. The Bertz CT molecular complexity index is 557. The first-order chi connectivity index (χ1) is 8.90. The third-order valence-corrected chi connectivity index (χ3v) is 4.74. The van der Waals surface area contributed by atoms with Gasteiger partial charge in [0.05, 0.1) is 0 Å². The van der Waals surface area contributed by atoms with Crippen molar-refractivity contribution in [1.82, 2.24) is 5.32 Å². The monoisotopic (exact) mass is 237 g/mol. The van der Waals surface area contributed by atoms with Crippen LogP contribution in [0.1, 0.15) is 37.2 Å². The van der Waals surface area contributed by atoms with Crippen molar-refractivity contribution in [3.05, 3.63) is 48.0 Å². The lowest BCUT2D eigenvalue weighted by Gasteiger charge is -2.30. The number of hydrogen-bond donors (Lipinski definition) is 1. The Balaban J connectivity index is 1.78. The highest BCUT2D eigenvalue weighted by Gasteiger charge is 2.34. The first-order valence-corrected chi connectivity index (χ1v) is 7.14. The summed E-state index contributed by atoms with van der Waals surface area (Å²) in [4.78, 5) is 0. The van der Waals surface area contributed by atoms with Crippen LogP contribution in [0.3, 0.4) is 0 Å². The van der Waals surface area contributed by atoms with E-state index in [1.54, 1.807) is 5.56 Å². The van der Waals surface area contributed by atoms with Crippen molar-refractivity contribution in [1.29, 1.82) is 0 Å². The fourth-order valence-electron chi connectivity index (χ4n) is 3.92. The highest BCUT2D eigenvalue weighted by Crippen LogP contribution is 2.39. The van der Waals surface area contributed by atoms with Gasteiger partial charge in [0.2, 0.25) is 0 Å². The molecule has 1 nitrogen and oxygen atoms in total. The molecule has 0 aliphatic carbocycles. The van der Waals surface area contributed by atoms with Crippen LogP contribution in [-0.4, -0.2) is 12.1 Å². The number of benzene rings is 2. The van der Waals surface area contributed by atoms with Gasteiger partial charge in [-0.2, -0.15) is 0 Å². The van der Waals surface area contributed by atoms with Crippen LogP contribution in [0.4, 0.5) is 0 Å². The second-order valence-corrected chi connectivity index (χ2v) is 5.87. The zero-order chi connectivity index (χ0) is 11.9. The summed E-state index contributed by atoms with van der Waals surface area (Å²) in [7, 11) is 0. The summed E-state index contributed by atoms with van der Waals surface area (Å²) in [6.07, 6.45) is 5.41. The number of hydrogen-bond acceptors (Lipinski definition) is 1. The Morgan fingerprint density at radius 1 is 0.833 bits per heavy atom. The van der Waals surface area contributed by atoms with E-state index in [2.05, 4.69) is 47.8 Å². The van der Waals surface area contributed by atoms with E-state index in [0.717, 1.165) is 18.0 Å². The highest BCUT2D eigenvalue weighted by molar-refractivity contribution is 5.86. The summed E-state index contributed by atoms with van der Waals surface area (Å²) in [6, 6.07) is 17.2. The van der Waals surface area contributed by atoms with Crippen LogP contribution >= 0.6 is 0 Å². The predicted molar refractivity (Wildman–Crippen MR) is 75.9 cm³/mol. The fourth-order valence-corrected chi connectivity index (χ4v) is 3.92. The van der Waals surface area contributed by atoms with E-state index in [1.807, 2.05) is 0 Å². The van der Waals surface area contributed by atoms with Crippen LogP contribution in [0.15, 0.2) is 42.5 Å². The topological polar surface area (TPSA) is 12.0 Å². The summed E-state index contributed by atoms with van der Waals surface area (Å²) < 4.78 is 0. The molecule has 4 rings (SSSR count). The maximum atomic E-state index is 3.74. The molecule has 2 atom stereocenters. The molecule has 0 amide bonds. The lowest BCUT2D eigenvalue weighted by atomic mass is 9.84. The highest BCUT2D eigenvalue weighted by atomic mass is 15.0. The van der Waals surface area contributed by atoms with Crippen molar-refractivity contribution in [2.45, 2.75) is 43.7 Å². The molecule has 2 heterocycles. The normalized spacial score (nSPS) is 30.8. The summed E-state index contributed by atoms with van der Waals surface area (Å²) in [5, 5.41) is 6.59. The van der Waals surface area contributed by atoms with Gasteiger partial charge in [0.25, 0.3) is 0 Å². The Morgan fingerprint density at radius 2 is 1.56 bits per heavy atom. The molecule has 2 fully saturated rings.